The number of aliphatic hydroxyl groups is 1. The predicted octanol–water partition coefficient (Wildman–Crippen LogP) is 6.54. The van der Waals surface area contributed by atoms with Crippen LogP contribution < -0.4 is 5.32 Å². The van der Waals surface area contributed by atoms with E-state index in [0.29, 0.717) is 54.1 Å². The summed E-state index contributed by atoms with van der Waals surface area (Å²) >= 11 is 1.72. The molecule has 0 saturated heterocycles. The normalized spacial score (nSPS) is 42.5. The van der Waals surface area contributed by atoms with Crippen molar-refractivity contribution in [2.24, 2.45) is 46.3 Å². The van der Waals surface area contributed by atoms with Crippen LogP contribution in [0.2, 0.25) is 0 Å². The predicted molar refractivity (Wildman–Crippen MR) is 141 cm³/mol. The third-order valence-corrected chi connectivity index (χ3v) is 12.4. The molecule has 0 unspecified atom stereocenters. The Morgan fingerprint density at radius 2 is 1.97 bits per heavy atom. The highest BCUT2D eigenvalue weighted by atomic mass is 32.1. The molecule has 5 heteroatoms. The van der Waals surface area contributed by atoms with E-state index >= 15 is 0 Å². The summed E-state index contributed by atoms with van der Waals surface area (Å²) in [6, 6.07) is 4.29. The highest BCUT2D eigenvalue weighted by Gasteiger charge is 2.62. The first-order chi connectivity index (χ1) is 16.7. The molecule has 194 valence electrons. The molecule has 4 fully saturated rings. The van der Waals surface area contributed by atoms with E-state index < -0.39 is 0 Å². The van der Waals surface area contributed by atoms with Crippen LogP contribution in [0.5, 0.6) is 0 Å². The van der Waals surface area contributed by atoms with Gasteiger partial charge in [0.1, 0.15) is 5.78 Å². The summed E-state index contributed by atoms with van der Waals surface area (Å²) in [6.07, 6.45) is 9.17. The number of amides is 1. The van der Waals surface area contributed by atoms with Crippen LogP contribution >= 0.6 is 11.3 Å². The Bertz CT molecular complexity index is 930. The molecule has 4 aliphatic rings. The fourth-order valence-corrected chi connectivity index (χ4v) is 10.4. The highest BCUT2D eigenvalue weighted by molar-refractivity contribution is 7.10. The second kappa shape index (κ2) is 9.59. The van der Waals surface area contributed by atoms with Crippen LogP contribution in [-0.4, -0.2) is 22.9 Å². The lowest BCUT2D eigenvalue weighted by atomic mass is 9.44. The van der Waals surface area contributed by atoms with Gasteiger partial charge in [0, 0.05) is 24.1 Å². The SMILES string of the molecule is CC[C@H](NC(=O)C[C@@H](C)[C@H]1CC[C@H]2[C@@H]3[C@H](O)C[C@@H]4CC(=O)CC[C@]4(C)[C@H]3CC[C@]12C)c1cccs1. The van der Waals surface area contributed by atoms with E-state index in [2.05, 4.69) is 50.5 Å². The first-order valence-corrected chi connectivity index (χ1v) is 15.1. The molecule has 1 aromatic heterocycles. The van der Waals surface area contributed by atoms with Gasteiger partial charge in [-0.1, -0.05) is 33.8 Å². The van der Waals surface area contributed by atoms with E-state index in [-0.39, 0.29) is 28.9 Å². The Balaban J connectivity index is 1.28. The van der Waals surface area contributed by atoms with Gasteiger partial charge in [-0.2, -0.15) is 0 Å². The molecule has 1 amide bonds. The summed E-state index contributed by atoms with van der Waals surface area (Å²) in [5, 5.41) is 16.8. The van der Waals surface area contributed by atoms with Crippen molar-refractivity contribution in [3.05, 3.63) is 22.4 Å². The zero-order chi connectivity index (χ0) is 25.0. The lowest BCUT2D eigenvalue weighted by Crippen LogP contribution is -2.58. The van der Waals surface area contributed by atoms with Gasteiger partial charge in [-0.05, 0) is 103 Å². The number of ketones is 1. The van der Waals surface area contributed by atoms with Crippen molar-refractivity contribution in [1.29, 1.82) is 0 Å². The van der Waals surface area contributed by atoms with E-state index in [9.17, 15) is 14.7 Å². The fraction of sp³-hybridized carbons (Fsp3) is 0.800. The third kappa shape index (κ3) is 4.33. The fourth-order valence-electron chi connectivity index (χ4n) is 9.54. The first kappa shape index (κ1) is 25.4. The van der Waals surface area contributed by atoms with Crippen LogP contribution in [0.4, 0.5) is 0 Å². The van der Waals surface area contributed by atoms with Crippen molar-refractivity contribution >= 4 is 23.0 Å². The third-order valence-electron chi connectivity index (χ3n) is 11.4. The Morgan fingerprint density at radius 1 is 1.20 bits per heavy atom. The molecule has 5 rings (SSSR count). The Labute approximate surface area is 215 Å². The Hall–Kier alpha value is -1.20. The van der Waals surface area contributed by atoms with Gasteiger partial charge in [-0.25, -0.2) is 0 Å². The molecule has 4 aliphatic carbocycles. The summed E-state index contributed by atoms with van der Waals surface area (Å²) in [6.45, 7) is 9.34. The average Bonchev–Trinajstić information content (AvgIpc) is 3.46. The topological polar surface area (TPSA) is 66.4 Å². The van der Waals surface area contributed by atoms with Crippen molar-refractivity contribution in [3.8, 4) is 0 Å². The number of thiophene rings is 1. The molecule has 35 heavy (non-hydrogen) atoms. The van der Waals surface area contributed by atoms with Crippen LogP contribution in [0.1, 0.15) is 103 Å². The maximum Gasteiger partial charge on any atom is 0.220 e. The maximum atomic E-state index is 13.1. The Kier molecular flexibility index (Phi) is 6.98. The van der Waals surface area contributed by atoms with Crippen LogP contribution in [-0.2, 0) is 9.59 Å². The molecule has 0 radical (unpaired) electrons. The maximum absolute atomic E-state index is 13.1. The van der Waals surface area contributed by atoms with Crippen molar-refractivity contribution in [2.45, 2.75) is 104 Å². The smallest absolute Gasteiger partial charge is 0.220 e. The van der Waals surface area contributed by atoms with Gasteiger partial charge < -0.3 is 10.4 Å². The molecule has 4 nitrogen and oxygen atoms in total. The molecule has 0 spiro atoms. The minimum atomic E-state index is -0.276. The number of rotatable bonds is 6. The highest BCUT2D eigenvalue weighted by Crippen LogP contribution is 2.68. The zero-order valence-electron chi connectivity index (χ0n) is 22.1. The molecule has 10 atom stereocenters. The van der Waals surface area contributed by atoms with Gasteiger partial charge >= 0.3 is 0 Å². The second-order valence-corrected chi connectivity index (χ2v) is 14.0. The number of nitrogens with one attached hydrogen (secondary N) is 1. The summed E-state index contributed by atoms with van der Waals surface area (Å²) in [4.78, 5) is 26.5. The lowest BCUT2D eigenvalue weighted by molar-refractivity contribution is -0.169. The molecule has 2 N–H and O–H groups in total. The molecular formula is C30H45NO3S. The van der Waals surface area contributed by atoms with Crippen LogP contribution in [0.15, 0.2) is 17.5 Å². The summed E-state index contributed by atoms with van der Waals surface area (Å²) in [5.41, 5.74) is 0.410. The van der Waals surface area contributed by atoms with Gasteiger partial charge in [0.2, 0.25) is 5.91 Å². The standard InChI is InChI=1S/C30H45NO3S/c1-5-24(26-7-6-14-35-26)31-27(34)15-18(2)21-8-9-22-28-23(11-13-30(21,22)4)29(3)12-10-20(32)16-19(29)17-25(28)33/h6-7,14,18-19,21-25,28,33H,5,8-13,15-17H2,1-4H3,(H,31,34)/t18-,19+,21-,22+,23+,24+,25-,28+,29+,30-/m1/s1. The number of aliphatic hydroxyl groups excluding tert-OH is 1. The summed E-state index contributed by atoms with van der Waals surface area (Å²) in [7, 11) is 0. The van der Waals surface area contributed by atoms with Gasteiger partial charge in [0.05, 0.1) is 12.1 Å². The van der Waals surface area contributed by atoms with E-state index in [1.165, 1.54) is 30.6 Å². The van der Waals surface area contributed by atoms with Crippen molar-refractivity contribution < 1.29 is 14.7 Å². The number of Topliss-reactive ketones (excluding diaryl/α,β-unsaturated/α-hetero) is 1. The molecule has 0 bridgehead atoms. The molecule has 0 aromatic carbocycles. The molecule has 1 heterocycles. The largest absolute Gasteiger partial charge is 0.393 e. The zero-order valence-corrected chi connectivity index (χ0v) is 22.9. The number of fused-ring (bicyclic) bond motifs is 5. The van der Waals surface area contributed by atoms with Gasteiger partial charge in [-0.3, -0.25) is 9.59 Å². The number of carbonyl (C=O) groups excluding carboxylic acids is 2. The number of hydrogen-bond acceptors (Lipinski definition) is 4. The quantitative estimate of drug-likeness (QED) is 0.467. The molecule has 1 aromatic rings. The number of carbonyl (C=O) groups is 2. The lowest BCUT2D eigenvalue weighted by Gasteiger charge is -2.61. The van der Waals surface area contributed by atoms with Crippen LogP contribution in [0, 0.1) is 46.3 Å². The summed E-state index contributed by atoms with van der Waals surface area (Å²) in [5.74, 6) is 3.25. The van der Waals surface area contributed by atoms with Gasteiger partial charge in [0.25, 0.3) is 0 Å². The second-order valence-electron chi connectivity index (χ2n) is 13.0. The summed E-state index contributed by atoms with van der Waals surface area (Å²) < 4.78 is 0. The number of hydrogen-bond donors (Lipinski definition) is 2. The molecule has 0 aliphatic heterocycles. The van der Waals surface area contributed by atoms with Crippen molar-refractivity contribution in [1.82, 2.24) is 5.32 Å². The van der Waals surface area contributed by atoms with E-state index in [1.807, 2.05) is 0 Å². The minimum Gasteiger partial charge on any atom is -0.393 e. The monoisotopic (exact) mass is 499 g/mol. The average molecular weight is 500 g/mol. The van der Waals surface area contributed by atoms with E-state index in [0.717, 1.165) is 25.7 Å². The van der Waals surface area contributed by atoms with Crippen molar-refractivity contribution in [2.75, 3.05) is 0 Å². The molecular weight excluding hydrogens is 454 g/mol. The van der Waals surface area contributed by atoms with Gasteiger partial charge in [0.15, 0.2) is 0 Å². The Morgan fingerprint density at radius 3 is 2.69 bits per heavy atom. The first-order valence-electron chi connectivity index (χ1n) is 14.2. The van der Waals surface area contributed by atoms with E-state index in [1.54, 1.807) is 11.3 Å². The molecule has 4 saturated carbocycles. The minimum absolute atomic E-state index is 0.116. The van der Waals surface area contributed by atoms with Crippen LogP contribution in [0.3, 0.4) is 0 Å². The van der Waals surface area contributed by atoms with Crippen LogP contribution in [0.25, 0.3) is 0 Å². The van der Waals surface area contributed by atoms with E-state index in [4.69, 9.17) is 0 Å². The van der Waals surface area contributed by atoms with Crippen molar-refractivity contribution in [3.63, 3.8) is 0 Å². The van der Waals surface area contributed by atoms with Gasteiger partial charge in [-0.15, -0.1) is 11.3 Å².